The van der Waals surface area contributed by atoms with Gasteiger partial charge in [-0.05, 0) is 12.0 Å². The summed E-state index contributed by atoms with van der Waals surface area (Å²) in [4.78, 5) is 13.2. The Morgan fingerprint density at radius 3 is 2.76 bits per heavy atom. The Kier molecular flexibility index (Phi) is 6.14. The summed E-state index contributed by atoms with van der Waals surface area (Å²) in [5, 5.41) is 14.4. The second kappa shape index (κ2) is 8.10. The van der Waals surface area contributed by atoms with Crippen molar-refractivity contribution in [2.75, 3.05) is 26.2 Å². The Hall–Kier alpha value is -1.46. The summed E-state index contributed by atoms with van der Waals surface area (Å²) in [5.41, 5.74) is 1.28. The van der Waals surface area contributed by atoms with Crippen LogP contribution in [0.5, 0.6) is 0 Å². The maximum Gasteiger partial charge on any atom is 0.269 e. The molecule has 0 aromatic heterocycles. The second-order valence-corrected chi connectivity index (χ2v) is 5.65. The van der Waals surface area contributed by atoms with Gasteiger partial charge in [0, 0.05) is 44.4 Å². The molecule has 1 aromatic carbocycles. The third kappa shape index (κ3) is 4.51. The Morgan fingerprint density at radius 2 is 2.10 bits per heavy atom. The van der Waals surface area contributed by atoms with Crippen molar-refractivity contribution >= 4 is 5.69 Å². The van der Waals surface area contributed by atoms with Gasteiger partial charge in [0.2, 0.25) is 0 Å². The molecule has 0 unspecified atom stereocenters. The average molecular weight is 291 g/mol. The summed E-state index contributed by atoms with van der Waals surface area (Å²) >= 11 is 0. The molecule has 0 radical (unpaired) electrons. The number of piperazine rings is 1. The number of hydrogen-bond acceptors (Lipinski definition) is 4. The van der Waals surface area contributed by atoms with E-state index < -0.39 is 0 Å². The number of nitro groups is 1. The fourth-order valence-electron chi connectivity index (χ4n) is 2.99. The van der Waals surface area contributed by atoms with Gasteiger partial charge in [-0.2, -0.15) is 0 Å². The monoisotopic (exact) mass is 291 g/mol. The molecule has 116 valence electrons. The van der Waals surface area contributed by atoms with Gasteiger partial charge in [-0.3, -0.25) is 15.0 Å². The standard InChI is InChI=1S/C16H25N3O2/c1-2-3-4-8-16(18-11-9-17-10-12-18)14-6-5-7-15(13-14)19(20)21/h5-7,13,16-17H,2-4,8-12H2,1H3/t16-/m0/s1. The first-order valence-electron chi connectivity index (χ1n) is 7.91. The minimum Gasteiger partial charge on any atom is -0.314 e. The molecule has 0 saturated carbocycles. The van der Waals surface area contributed by atoms with E-state index in [0.29, 0.717) is 6.04 Å². The van der Waals surface area contributed by atoms with E-state index in [1.165, 1.54) is 19.3 Å². The maximum atomic E-state index is 11.0. The van der Waals surface area contributed by atoms with Crippen LogP contribution in [0, 0.1) is 10.1 Å². The minimum atomic E-state index is -0.301. The maximum absolute atomic E-state index is 11.0. The largest absolute Gasteiger partial charge is 0.314 e. The first kappa shape index (κ1) is 15.9. The fraction of sp³-hybridized carbons (Fsp3) is 0.625. The lowest BCUT2D eigenvalue weighted by Crippen LogP contribution is -2.45. The van der Waals surface area contributed by atoms with E-state index in [-0.39, 0.29) is 10.6 Å². The molecule has 1 atom stereocenters. The van der Waals surface area contributed by atoms with E-state index in [2.05, 4.69) is 17.1 Å². The molecule has 0 spiro atoms. The van der Waals surface area contributed by atoms with Crippen molar-refractivity contribution in [3.8, 4) is 0 Å². The third-order valence-electron chi connectivity index (χ3n) is 4.14. The SMILES string of the molecule is CCCCC[C@@H](c1cccc([N+](=O)[O-])c1)N1CCNCC1. The summed E-state index contributed by atoms with van der Waals surface area (Å²) in [6.45, 7) is 6.23. The molecule has 1 fully saturated rings. The van der Waals surface area contributed by atoms with Crippen molar-refractivity contribution in [3.05, 3.63) is 39.9 Å². The summed E-state index contributed by atoms with van der Waals surface area (Å²) < 4.78 is 0. The van der Waals surface area contributed by atoms with E-state index in [0.717, 1.165) is 38.2 Å². The van der Waals surface area contributed by atoms with E-state index in [4.69, 9.17) is 0 Å². The van der Waals surface area contributed by atoms with Crippen LogP contribution in [0.2, 0.25) is 0 Å². The molecule has 1 N–H and O–H groups in total. The van der Waals surface area contributed by atoms with Crippen LogP contribution < -0.4 is 5.32 Å². The van der Waals surface area contributed by atoms with Gasteiger partial charge in [0.1, 0.15) is 0 Å². The van der Waals surface area contributed by atoms with Crippen LogP contribution in [0.25, 0.3) is 0 Å². The molecule has 1 aromatic rings. The van der Waals surface area contributed by atoms with Gasteiger partial charge < -0.3 is 5.32 Å². The van der Waals surface area contributed by atoms with Crippen LogP contribution in [-0.4, -0.2) is 36.0 Å². The van der Waals surface area contributed by atoms with Gasteiger partial charge in [0.25, 0.3) is 5.69 Å². The smallest absolute Gasteiger partial charge is 0.269 e. The van der Waals surface area contributed by atoms with Crippen LogP contribution in [0.15, 0.2) is 24.3 Å². The number of benzene rings is 1. The van der Waals surface area contributed by atoms with Gasteiger partial charge in [-0.15, -0.1) is 0 Å². The molecule has 0 amide bonds. The Balaban J connectivity index is 2.16. The predicted octanol–water partition coefficient (Wildman–Crippen LogP) is 3.12. The van der Waals surface area contributed by atoms with Crippen LogP contribution in [0.3, 0.4) is 0 Å². The lowest BCUT2D eigenvalue weighted by atomic mass is 9.97. The highest BCUT2D eigenvalue weighted by Crippen LogP contribution is 2.29. The first-order chi connectivity index (χ1) is 10.2. The summed E-state index contributed by atoms with van der Waals surface area (Å²) in [6, 6.07) is 7.47. The predicted molar refractivity (Wildman–Crippen MR) is 84.4 cm³/mol. The first-order valence-corrected chi connectivity index (χ1v) is 7.91. The number of nitrogens with one attached hydrogen (secondary N) is 1. The van der Waals surface area contributed by atoms with E-state index in [1.807, 2.05) is 12.1 Å². The molecule has 2 rings (SSSR count). The highest BCUT2D eigenvalue weighted by molar-refractivity contribution is 5.35. The number of rotatable bonds is 7. The van der Waals surface area contributed by atoms with Crippen molar-refractivity contribution in [3.63, 3.8) is 0 Å². The van der Waals surface area contributed by atoms with E-state index in [1.54, 1.807) is 12.1 Å². The quantitative estimate of drug-likeness (QED) is 0.476. The zero-order valence-corrected chi connectivity index (χ0v) is 12.8. The normalized spacial score (nSPS) is 17.6. The van der Waals surface area contributed by atoms with Crippen molar-refractivity contribution in [2.45, 2.75) is 38.6 Å². The highest BCUT2D eigenvalue weighted by atomic mass is 16.6. The molecule has 21 heavy (non-hydrogen) atoms. The molecule has 5 nitrogen and oxygen atoms in total. The zero-order chi connectivity index (χ0) is 15.1. The lowest BCUT2D eigenvalue weighted by molar-refractivity contribution is -0.385. The van der Waals surface area contributed by atoms with Crippen LogP contribution in [0.4, 0.5) is 5.69 Å². The number of nitrogens with zero attached hydrogens (tertiary/aromatic N) is 2. The summed E-state index contributed by atoms with van der Waals surface area (Å²) in [6.07, 6.45) is 4.67. The van der Waals surface area contributed by atoms with Gasteiger partial charge in [-0.25, -0.2) is 0 Å². The third-order valence-corrected chi connectivity index (χ3v) is 4.14. The summed E-state index contributed by atoms with van der Waals surface area (Å²) in [7, 11) is 0. The van der Waals surface area contributed by atoms with Gasteiger partial charge in [-0.1, -0.05) is 38.3 Å². The van der Waals surface area contributed by atoms with Crippen LogP contribution in [0.1, 0.15) is 44.2 Å². The average Bonchev–Trinajstić information content (AvgIpc) is 2.52. The van der Waals surface area contributed by atoms with Crippen LogP contribution >= 0.6 is 0 Å². The number of unbranched alkanes of at least 4 members (excludes halogenated alkanes) is 2. The Morgan fingerprint density at radius 1 is 1.33 bits per heavy atom. The van der Waals surface area contributed by atoms with Crippen LogP contribution in [-0.2, 0) is 0 Å². The van der Waals surface area contributed by atoms with Crippen molar-refractivity contribution in [2.24, 2.45) is 0 Å². The Bertz CT molecular complexity index is 459. The molecule has 1 heterocycles. The molecule has 0 aliphatic carbocycles. The fourth-order valence-corrected chi connectivity index (χ4v) is 2.99. The minimum absolute atomic E-state index is 0.197. The highest BCUT2D eigenvalue weighted by Gasteiger charge is 2.23. The zero-order valence-electron chi connectivity index (χ0n) is 12.8. The number of nitro benzene ring substituents is 1. The molecule has 1 aliphatic rings. The molecule has 1 aliphatic heterocycles. The number of hydrogen-bond donors (Lipinski definition) is 1. The molecule has 1 saturated heterocycles. The van der Waals surface area contributed by atoms with Crippen molar-refractivity contribution < 1.29 is 4.92 Å². The van der Waals surface area contributed by atoms with Gasteiger partial charge in [0.05, 0.1) is 4.92 Å². The molecule has 5 heteroatoms. The Labute approximate surface area is 126 Å². The second-order valence-electron chi connectivity index (χ2n) is 5.65. The lowest BCUT2D eigenvalue weighted by Gasteiger charge is -2.35. The summed E-state index contributed by atoms with van der Waals surface area (Å²) in [5.74, 6) is 0. The van der Waals surface area contributed by atoms with Gasteiger partial charge in [0.15, 0.2) is 0 Å². The molecule has 0 bridgehead atoms. The van der Waals surface area contributed by atoms with E-state index in [9.17, 15) is 10.1 Å². The van der Waals surface area contributed by atoms with Gasteiger partial charge >= 0.3 is 0 Å². The van der Waals surface area contributed by atoms with Crippen molar-refractivity contribution in [1.82, 2.24) is 10.2 Å². The van der Waals surface area contributed by atoms with Crippen molar-refractivity contribution in [1.29, 1.82) is 0 Å². The number of non-ortho nitro benzene ring substituents is 1. The topological polar surface area (TPSA) is 58.4 Å². The molecular formula is C16H25N3O2. The molecular weight excluding hydrogens is 266 g/mol. The van der Waals surface area contributed by atoms with E-state index >= 15 is 0 Å².